The van der Waals surface area contributed by atoms with Gasteiger partial charge in [-0.05, 0) is 36.8 Å². The summed E-state index contributed by atoms with van der Waals surface area (Å²) in [5.41, 5.74) is 3.14. The highest BCUT2D eigenvalue weighted by Gasteiger charge is 2.34. The first-order valence-corrected chi connectivity index (χ1v) is 9.64. The molecule has 0 unspecified atom stereocenters. The smallest absolute Gasteiger partial charge is 0.201 e. The van der Waals surface area contributed by atoms with Crippen LogP contribution in [0.25, 0.3) is 32.0 Å². The number of pyridine rings is 1. The van der Waals surface area contributed by atoms with E-state index in [0.717, 1.165) is 26.5 Å². The number of benzene rings is 2. The molecule has 0 saturated carbocycles. The maximum absolute atomic E-state index is 13.7. The zero-order valence-electron chi connectivity index (χ0n) is 15.7. The average molecular weight is 400 g/mol. The van der Waals surface area contributed by atoms with Gasteiger partial charge in [0, 0.05) is 18.2 Å². The Morgan fingerprint density at radius 1 is 0.893 bits per heavy atom. The lowest BCUT2D eigenvalue weighted by Gasteiger charge is -2.13. The van der Waals surface area contributed by atoms with Crippen molar-refractivity contribution in [2.24, 2.45) is 14.1 Å². The van der Waals surface area contributed by atoms with Crippen LogP contribution in [0.2, 0.25) is 0 Å². The Morgan fingerprint density at radius 2 is 1.57 bits per heavy atom. The number of fused-ring (bicyclic) bond motifs is 1. The zero-order valence-corrected chi connectivity index (χ0v) is 16.5. The van der Waals surface area contributed by atoms with Gasteiger partial charge in [-0.25, -0.2) is 4.57 Å². The van der Waals surface area contributed by atoms with Crippen LogP contribution < -0.4 is 9.13 Å². The van der Waals surface area contributed by atoms with Crippen LogP contribution in [0.5, 0.6) is 0 Å². The van der Waals surface area contributed by atoms with E-state index in [9.17, 15) is 13.2 Å². The second kappa shape index (κ2) is 6.71. The van der Waals surface area contributed by atoms with Gasteiger partial charge in [-0.15, -0.1) is 0 Å². The van der Waals surface area contributed by atoms with Gasteiger partial charge < -0.3 is 0 Å². The first kappa shape index (κ1) is 18.6. The number of hydrogen-bond donors (Lipinski definition) is 0. The Kier molecular flexibility index (Phi) is 4.46. The number of rotatable bonds is 2. The van der Waals surface area contributed by atoms with Gasteiger partial charge in [0.15, 0.2) is 6.20 Å². The summed E-state index contributed by atoms with van der Waals surface area (Å²) < 4.78 is 46.0. The highest BCUT2D eigenvalue weighted by Crippen LogP contribution is 2.39. The van der Waals surface area contributed by atoms with Crippen LogP contribution in [0.15, 0.2) is 60.8 Å². The Hall–Kier alpha value is -2.73. The molecule has 28 heavy (non-hydrogen) atoms. The van der Waals surface area contributed by atoms with E-state index in [4.69, 9.17) is 0 Å². The normalized spacial score (nSPS) is 11.9. The maximum Gasteiger partial charge on any atom is 0.416 e. The van der Waals surface area contributed by atoms with Gasteiger partial charge in [0.2, 0.25) is 11.2 Å². The predicted molar refractivity (Wildman–Crippen MR) is 105 cm³/mol. The summed E-state index contributed by atoms with van der Waals surface area (Å²) in [5, 5.41) is 0.810. The van der Waals surface area contributed by atoms with Gasteiger partial charge in [-0.2, -0.15) is 17.7 Å². The standard InChI is InChI=1S/C22H19F3N2S/c1-14-16(18-8-6-7-11-26(18)2)12-15(22(23,24)25)13-17(14)21-27(3)19-9-4-5-10-20(19)28-21/h4-13H,1-3H3/q+2. The Labute approximate surface area is 165 Å². The van der Waals surface area contributed by atoms with Crippen molar-refractivity contribution in [2.75, 3.05) is 0 Å². The lowest BCUT2D eigenvalue weighted by atomic mass is 9.96. The predicted octanol–water partition coefficient (Wildman–Crippen LogP) is 5.21. The molecule has 142 valence electrons. The van der Waals surface area contributed by atoms with Crippen molar-refractivity contribution in [1.82, 2.24) is 0 Å². The number of nitrogens with zero attached hydrogens (tertiary/aromatic N) is 2. The molecule has 0 atom stereocenters. The van der Waals surface area contributed by atoms with Crippen LogP contribution in [0.3, 0.4) is 0 Å². The molecule has 0 aliphatic heterocycles. The van der Waals surface area contributed by atoms with Gasteiger partial charge in [0.25, 0.3) is 5.01 Å². The van der Waals surface area contributed by atoms with Gasteiger partial charge in [0.05, 0.1) is 16.7 Å². The quantitative estimate of drug-likeness (QED) is 0.408. The van der Waals surface area contributed by atoms with Crippen molar-refractivity contribution in [3.05, 3.63) is 71.9 Å². The fourth-order valence-corrected chi connectivity index (χ4v) is 4.73. The highest BCUT2D eigenvalue weighted by molar-refractivity contribution is 7.21. The summed E-state index contributed by atoms with van der Waals surface area (Å²) in [6, 6.07) is 15.9. The minimum atomic E-state index is -4.42. The molecule has 2 nitrogen and oxygen atoms in total. The lowest BCUT2D eigenvalue weighted by Crippen LogP contribution is -2.31. The van der Waals surface area contributed by atoms with E-state index in [0.29, 0.717) is 11.1 Å². The lowest BCUT2D eigenvalue weighted by molar-refractivity contribution is -0.660. The first-order valence-electron chi connectivity index (χ1n) is 8.82. The molecule has 2 aromatic heterocycles. The third-order valence-electron chi connectivity index (χ3n) is 5.03. The number of aromatic nitrogens is 2. The van der Waals surface area contributed by atoms with Gasteiger partial charge in [0.1, 0.15) is 18.8 Å². The van der Waals surface area contributed by atoms with Gasteiger partial charge in [-0.1, -0.05) is 23.5 Å². The van der Waals surface area contributed by atoms with E-state index >= 15 is 0 Å². The van der Waals surface area contributed by atoms with Crippen molar-refractivity contribution >= 4 is 21.6 Å². The molecule has 0 radical (unpaired) electrons. The van der Waals surface area contributed by atoms with Crippen molar-refractivity contribution in [3.8, 4) is 21.8 Å². The monoisotopic (exact) mass is 400 g/mol. The van der Waals surface area contributed by atoms with E-state index in [2.05, 4.69) is 0 Å². The van der Waals surface area contributed by atoms with Crippen LogP contribution in [-0.2, 0) is 20.3 Å². The van der Waals surface area contributed by atoms with E-state index in [1.165, 1.54) is 23.5 Å². The molecule has 6 heteroatoms. The molecule has 0 bridgehead atoms. The minimum Gasteiger partial charge on any atom is -0.201 e. The molecule has 0 aliphatic carbocycles. The van der Waals surface area contributed by atoms with Crippen LogP contribution in [0, 0.1) is 6.92 Å². The highest BCUT2D eigenvalue weighted by atomic mass is 32.1. The number of hydrogen-bond acceptors (Lipinski definition) is 1. The van der Waals surface area contributed by atoms with Crippen molar-refractivity contribution < 1.29 is 22.3 Å². The largest absolute Gasteiger partial charge is 0.416 e. The van der Waals surface area contributed by atoms with Crippen LogP contribution in [-0.4, -0.2) is 0 Å². The fraction of sp³-hybridized carbons (Fsp3) is 0.182. The molecule has 4 rings (SSSR count). The molecular formula is C22H19F3N2S+2. The van der Waals surface area contributed by atoms with Crippen molar-refractivity contribution in [1.29, 1.82) is 0 Å². The summed E-state index contributed by atoms with van der Waals surface area (Å²) >= 11 is 1.51. The molecule has 0 spiro atoms. The second-order valence-electron chi connectivity index (χ2n) is 6.82. The average Bonchev–Trinajstić information content (AvgIpc) is 2.99. The fourth-order valence-electron chi connectivity index (χ4n) is 3.51. The molecule has 2 heterocycles. The summed E-state index contributed by atoms with van der Waals surface area (Å²) in [4.78, 5) is 0. The molecule has 0 N–H and O–H groups in total. The number of halogens is 3. The number of alkyl halides is 3. The first-order chi connectivity index (χ1) is 13.3. The van der Waals surface area contributed by atoms with Gasteiger partial charge in [-0.3, -0.25) is 0 Å². The molecule has 4 aromatic rings. The van der Waals surface area contributed by atoms with E-state index < -0.39 is 11.7 Å². The zero-order chi connectivity index (χ0) is 20.1. The van der Waals surface area contributed by atoms with Crippen molar-refractivity contribution in [2.45, 2.75) is 13.1 Å². The molecule has 0 saturated heterocycles. The maximum atomic E-state index is 13.7. The molecule has 0 amide bonds. The minimum absolute atomic E-state index is 0.588. The topological polar surface area (TPSA) is 7.76 Å². The van der Waals surface area contributed by atoms with E-state index in [1.807, 2.05) is 78.8 Å². The van der Waals surface area contributed by atoms with E-state index in [1.54, 1.807) is 0 Å². The summed E-state index contributed by atoms with van der Waals surface area (Å²) in [6.45, 7) is 1.89. The van der Waals surface area contributed by atoms with Crippen LogP contribution in [0.4, 0.5) is 13.2 Å². The SMILES string of the molecule is Cc1c(-c2cccc[n+]2C)cc(C(F)(F)F)cc1-c1sc2ccccc2[n+]1C. The Morgan fingerprint density at radius 3 is 2.25 bits per heavy atom. The third-order valence-corrected chi connectivity index (χ3v) is 6.29. The van der Waals surface area contributed by atoms with Crippen LogP contribution >= 0.6 is 11.3 Å². The van der Waals surface area contributed by atoms with Gasteiger partial charge >= 0.3 is 6.18 Å². The number of aryl methyl sites for hydroxylation is 2. The Bertz CT molecular complexity index is 1190. The summed E-state index contributed by atoms with van der Waals surface area (Å²) in [6.07, 6.45) is -2.58. The third kappa shape index (κ3) is 3.07. The number of thiazole rings is 1. The van der Waals surface area contributed by atoms with E-state index in [-0.39, 0.29) is 0 Å². The molecule has 0 aliphatic rings. The van der Waals surface area contributed by atoms with Crippen LogP contribution in [0.1, 0.15) is 11.1 Å². The molecule has 2 aromatic carbocycles. The number of para-hydroxylation sites is 1. The molecule has 0 fully saturated rings. The second-order valence-corrected chi connectivity index (χ2v) is 7.86. The summed E-state index contributed by atoms with van der Waals surface area (Å²) in [5.74, 6) is 0. The summed E-state index contributed by atoms with van der Waals surface area (Å²) in [7, 11) is 3.74. The Balaban J connectivity index is 2.05. The molecular weight excluding hydrogens is 381 g/mol. The van der Waals surface area contributed by atoms with Crippen molar-refractivity contribution in [3.63, 3.8) is 0 Å².